The van der Waals surface area contributed by atoms with Crippen molar-refractivity contribution in [2.75, 3.05) is 32.8 Å². The number of hydrogen-bond donors (Lipinski definition) is 1. The Kier molecular flexibility index (Phi) is 7.15. The predicted octanol–water partition coefficient (Wildman–Crippen LogP) is 3.59. The Morgan fingerprint density at radius 2 is 2.11 bits per heavy atom. The Bertz CT molecular complexity index is 803. The summed E-state index contributed by atoms with van der Waals surface area (Å²) in [6.07, 6.45) is 0.782. The summed E-state index contributed by atoms with van der Waals surface area (Å²) in [5.74, 6) is 0.0664. The van der Waals surface area contributed by atoms with E-state index in [-0.39, 0.29) is 17.8 Å². The molecule has 0 aliphatic carbocycles. The van der Waals surface area contributed by atoms with Gasteiger partial charge in [0.2, 0.25) is 0 Å². The smallest absolute Gasteiger partial charge is 0.263 e. The molecule has 1 aromatic heterocycles. The summed E-state index contributed by atoms with van der Waals surface area (Å²) in [4.78, 5) is 20.4. The van der Waals surface area contributed by atoms with Crippen LogP contribution < -0.4 is 5.32 Å². The molecule has 1 amide bonds. The van der Waals surface area contributed by atoms with Crippen LogP contribution in [0.1, 0.15) is 45.8 Å². The van der Waals surface area contributed by atoms with E-state index in [1.54, 1.807) is 12.1 Å². The van der Waals surface area contributed by atoms with E-state index < -0.39 is 0 Å². The second-order valence-corrected chi connectivity index (χ2v) is 8.74. The molecule has 28 heavy (non-hydrogen) atoms. The van der Waals surface area contributed by atoms with Crippen LogP contribution in [0.2, 0.25) is 0 Å². The number of carbonyl (C=O) groups is 1. The van der Waals surface area contributed by atoms with E-state index in [9.17, 15) is 9.18 Å². The van der Waals surface area contributed by atoms with Gasteiger partial charge in [-0.25, -0.2) is 9.37 Å². The third-order valence-corrected chi connectivity index (χ3v) is 5.80. The molecule has 1 saturated heterocycles. The zero-order valence-corrected chi connectivity index (χ0v) is 17.5. The first-order valence-electron chi connectivity index (χ1n) is 9.75. The average molecular weight is 406 g/mol. The zero-order chi connectivity index (χ0) is 20.1. The molecular formula is C21H28FN3O2S. The minimum atomic E-state index is -0.264. The third kappa shape index (κ3) is 5.37. The van der Waals surface area contributed by atoms with Crippen molar-refractivity contribution in [1.82, 2.24) is 15.2 Å². The molecule has 0 bridgehead atoms. The summed E-state index contributed by atoms with van der Waals surface area (Å²) < 4.78 is 19.2. The van der Waals surface area contributed by atoms with Gasteiger partial charge in [-0.05, 0) is 37.0 Å². The van der Waals surface area contributed by atoms with Crippen molar-refractivity contribution in [2.45, 2.75) is 33.2 Å². The molecule has 1 atom stereocenters. The number of thiazole rings is 1. The highest BCUT2D eigenvalue weighted by molar-refractivity contribution is 7.13. The minimum absolute atomic E-state index is 0.0916. The predicted molar refractivity (Wildman–Crippen MR) is 109 cm³/mol. The Hall–Kier alpha value is -1.83. The van der Waals surface area contributed by atoms with Crippen molar-refractivity contribution >= 4 is 17.2 Å². The van der Waals surface area contributed by atoms with Gasteiger partial charge in [0, 0.05) is 19.6 Å². The van der Waals surface area contributed by atoms with Crippen molar-refractivity contribution in [3.63, 3.8) is 0 Å². The van der Waals surface area contributed by atoms with E-state index in [0.29, 0.717) is 30.6 Å². The maximum atomic E-state index is 13.8. The molecule has 1 aliphatic rings. The number of rotatable bonds is 7. The number of nitrogens with zero attached hydrogens (tertiary/aromatic N) is 2. The fraction of sp³-hybridized carbons (Fsp3) is 0.524. The highest BCUT2D eigenvalue weighted by Crippen LogP contribution is 2.24. The normalized spacial score (nSPS) is 16.3. The minimum Gasteiger partial charge on any atom is -0.379 e. The molecule has 0 spiro atoms. The first-order chi connectivity index (χ1) is 13.4. The van der Waals surface area contributed by atoms with E-state index in [1.165, 1.54) is 17.4 Å². The number of morpholine rings is 1. The molecule has 1 unspecified atom stereocenters. The topological polar surface area (TPSA) is 54.5 Å². The quantitative estimate of drug-likeness (QED) is 0.765. The lowest BCUT2D eigenvalue weighted by Crippen LogP contribution is -2.43. The van der Waals surface area contributed by atoms with Crippen LogP contribution in [0.25, 0.3) is 0 Å². The number of hydrogen-bond acceptors (Lipinski definition) is 5. The summed E-state index contributed by atoms with van der Waals surface area (Å²) >= 11 is 1.43. The van der Waals surface area contributed by atoms with E-state index in [4.69, 9.17) is 4.74 Å². The number of halogens is 1. The van der Waals surface area contributed by atoms with Gasteiger partial charge in [-0.1, -0.05) is 26.0 Å². The van der Waals surface area contributed by atoms with Gasteiger partial charge in [-0.3, -0.25) is 9.69 Å². The second kappa shape index (κ2) is 9.58. The lowest BCUT2D eigenvalue weighted by molar-refractivity contribution is 0.0162. The molecular weight excluding hydrogens is 377 g/mol. The molecule has 1 fully saturated rings. The summed E-state index contributed by atoms with van der Waals surface area (Å²) in [5, 5.41) is 3.97. The van der Waals surface area contributed by atoms with E-state index in [0.717, 1.165) is 35.8 Å². The maximum Gasteiger partial charge on any atom is 0.263 e. The first kappa shape index (κ1) is 20.9. The molecule has 3 rings (SSSR count). The fourth-order valence-corrected chi connectivity index (χ4v) is 4.37. The highest BCUT2D eigenvalue weighted by atomic mass is 32.1. The number of nitrogens with one attached hydrogen (secondary N) is 1. The van der Waals surface area contributed by atoms with E-state index in [1.807, 2.05) is 13.0 Å². The molecule has 7 heteroatoms. The van der Waals surface area contributed by atoms with Gasteiger partial charge in [0.25, 0.3) is 5.91 Å². The van der Waals surface area contributed by atoms with Crippen molar-refractivity contribution < 1.29 is 13.9 Å². The number of aryl methyl sites for hydroxylation is 1. The van der Waals surface area contributed by atoms with Crippen LogP contribution in [0.5, 0.6) is 0 Å². The first-order valence-corrected chi connectivity index (χ1v) is 10.6. The fourth-order valence-electron chi connectivity index (χ4n) is 3.50. The Labute approximate surface area is 169 Å². The summed E-state index contributed by atoms with van der Waals surface area (Å²) in [6, 6.07) is 6.53. The molecule has 1 aromatic carbocycles. The molecule has 2 heterocycles. The monoisotopic (exact) mass is 405 g/mol. The van der Waals surface area contributed by atoms with Crippen molar-refractivity contribution in [2.24, 2.45) is 5.92 Å². The molecule has 2 aromatic rings. The average Bonchev–Trinajstić information content (AvgIpc) is 3.02. The lowest BCUT2D eigenvalue weighted by Gasteiger charge is -2.35. The van der Waals surface area contributed by atoms with Gasteiger partial charge >= 0.3 is 0 Å². The van der Waals surface area contributed by atoms with Gasteiger partial charge < -0.3 is 10.1 Å². The van der Waals surface area contributed by atoms with Gasteiger partial charge in [0.05, 0.1) is 30.0 Å². The summed E-state index contributed by atoms with van der Waals surface area (Å²) in [7, 11) is 0. The van der Waals surface area contributed by atoms with Crippen molar-refractivity contribution in [3.8, 4) is 0 Å². The van der Waals surface area contributed by atoms with Crippen LogP contribution in [0.4, 0.5) is 4.39 Å². The Morgan fingerprint density at radius 1 is 1.36 bits per heavy atom. The zero-order valence-electron chi connectivity index (χ0n) is 16.7. The van der Waals surface area contributed by atoms with Gasteiger partial charge in [-0.2, -0.15) is 0 Å². The Balaban J connectivity index is 1.75. The van der Waals surface area contributed by atoms with Gasteiger partial charge in [-0.15, -0.1) is 11.3 Å². The summed E-state index contributed by atoms with van der Waals surface area (Å²) in [5.41, 5.74) is 1.73. The molecule has 1 aliphatic heterocycles. The number of ether oxygens (including phenoxy) is 1. The lowest BCUT2D eigenvalue weighted by atomic mass is 10.0. The number of benzene rings is 1. The van der Waals surface area contributed by atoms with Gasteiger partial charge in [0.15, 0.2) is 0 Å². The van der Waals surface area contributed by atoms with E-state index in [2.05, 4.69) is 29.0 Å². The second-order valence-electron chi connectivity index (χ2n) is 7.54. The van der Waals surface area contributed by atoms with Crippen LogP contribution in [-0.2, 0) is 11.2 Å². The molecule has 5 nitrogen and oxygen atoms in total. The van der Waals surface area contributed by atoms with Crippen LogP contribution in [-0.4, -0.2) is 48.6 Å². The number of carbonyl (C=O) groups excluding carboxylic acids is 1. The van der Waals surface area contributed by atoms with Crippen molar-refractivity contribution in [1.29, 1.82) is 0 Å². The molecule has 0 saturated carbocycles. The number of aromatic nitrogens is 1. The van der Waals surface area contributed by atoms with Crippen LogP contribution >= 0.6 is 11.3 Å². The molecule has 152 valence electrons. The molecule has 0 radical (unpaired) electrons. The van der Waals surface area contributed by atoms with Crippen molar-refractivity contribution in [3.05, 3.63) is 51.2 Å². The van der Waals surface area contributed by atoms with E-state index >= 15 is 0 Å². The standard InChI is InChI=1S/C21H28FN3O2S/c1-14(2)11-18-20(28-15(3)24-18)21(26)23-13-19(25-7-9-27-10-8-25)16-5-4-6-17(22)12-16/h4-6,12,14,19H,7-11,13H2,1-3H3,(H,23,26). The SMILES string of the molecule is Cc1nc(CC(C)C)c(C(=O)NCC(c2cccc(F)c2)N2CCOCC2)s1. The number of amides is 1. The molecule has 1 N–H and O–H groups in total. The van der Waals surface area contributed by atoms with Crippen LogP contribution in [0.15, 0.2) is 24.3 Å². The maximum absolute atomic E-state index is 13.8. The largest absolute Gasteiger partial charge is 0.379 e. The third-order valence-electron chi connectivity index (χ3n) is 4.79. The highest BCUT2D eigenvalue weighted by Gasteiger charge is 2.25. The van der Waals surface area contributed by atoms with Crippen LogP contribution in [0.3, 0.4) is 0 Å². The van der Waals surface area contributed by atoms with Gasteiger partial charge in [0.1, 0.15) is 10.7 Å². The Morgan fingerprint density at radius 3 is 2.79 bits per heavy atom. The summed E-state index contributed by atoms with van der Waals surface area (Å²) in [6.45, 7) is 9.39. The van der Waals surface area contributed by atoms with Crippen LogP contribution in [0, 0.1) is 18.7 Å².